The van der Waals surface area contributed by atoms with Crippen LogP contribution in [0.4, 0.5) is 0 Å². The summed E-state index contributed by atoms with van der Waals surface area (Å²) < 4.78 is 0. The van der Waals surface area contributed by atoms with Gasteiger partial charge < -0.3 is 5.32 Å². The van der Waals surface area contributed by atoms with Crippen LogP contribution < -0.4 is 5.32 Å². The Bertz CT molecular complexity index is 278. The van der Waals surface area contributed by atoms with Crippen molar-refractivity contribution in [2.75, 3.05) is 26.7 Å². The van der Waals surface area contributed by atoms with Gasteiger partial charge in [0.1, 0.15) is 0 Å². The van der Waals surface area contributed by atoms with Crippen molar-refractivity contribution < 1.29 is 0 Å². The molecule has 0 spiro atoms. The summed E-state index contributed by atoms with van der Waals surface area (Å²) in [5.74, 6) is 0. The number of benzene rings is 1. The van der Waals surface area contributed by atoms with Gasteiger partial charge in [-0.1, -0.05) is 30.3 Å². The molecule has 0 aromatic heterocycles. The molecule has 1 aliphatic rings. The van der Waals surface area contributed by atoms with Crippen LogP contribution in [0.2, 0.25) is 0 Å². The maximum atomic E-state index is 3.30. The summed E-state index contributed by atoms with van der Waals surface area (Å²) >= 11 is 0. The highest BCUT2D eigenvalue weighted by Gasteiger charge is 2.22. The number of likely N-dealkylation sites (N-methyl/N-ethyl adjacent to an activating group) is 1. The topological polar surface area (TPSA) is 15.3 Å². The van der Waals surface area contributed by atoms with Gasteiger partial charge in [0, 0.05) is 12.6 Å². The van der Waals surface area contributed by atoms with E-state index >= 15 is 0 Å². The first kappa shape index (κ1) is 10.7. The molecular formula is C13H20N2. The van der Waals surface area contributed by atoms with Gasteiger partial charge >= 0.3 is 0 Å². The Labute approximate surface area is 92.3 Å². The molecule has 2 heteroatoms. The lowest BCUT2D eigenvalue weighted by molar-refractivity contribution is 0.242. The second-order valence-electron chi connectivity index (χ2n) is 4.23. The number of likely N-dealkylation sites (tertiary alicyclic amines) is 1. The smallest absolute Gasteiger partial charge is 0.0472 e. The number of nitrogens with zero attached hydrogens (tertiary/aromatic N) is 1. The van der Waals surface area contributed by atoms with Crippen molar-refractivity contribution in [1.29, 1.82) is 0 Å². The summed E-state index contributed by atoms with van der Waals surface area (Å²) in [7, 11) is 2.03. The fraction of sp³-hybridized carbons (Fsp3) is 0.538. The van der Waals surface area contributed by atoms with Gasteiger partial charge in [0.05, 0.1) is 0 Å². The van der Waals surface area contributed by atoms with Crippen LogP contribution in [0.1, 0.15) is 24.4 Å². The zero-order valence-electron chi connectivity index (χ0n) is 9.45. The zero-order valence-corrected chi connectivity index (χ0v) is 9.45. The van der Waals surface area contributed by atoms with Gasteiger partial charge in [-0.2, -0.15) is 0 Å². The lowest BCUT2D eigenvalue weighted by Crippen LogP contribution is -2.32. The summed E-state index contributed by atoms with van der Waals surface area (Å²) in [6, 6.07) is 11.4. The molecule has 2 rings (SSSR count). The molecule has 1 N–H and O–H groups in total. The first-order valence-corrected chi connectivity index (χ1v) is 5.85. The van der Waals surface area contributed by atoms with E-state index in [0.29, 0.717) is 6.04 Å². The number of hydrogen-bond donors (Lipinski definition) is 1. The van der Waals surface area contributed by atoms with Crippen LogP contribution in [0.15, 0.2) is 30.3 Å². The van der Waals surface area contributed by atoms with Crippen LogP contribution in [0.3, 0.4) is 0 Å². The molecule has 1 aromatic rings. The van der Waals surface area contributed by atoms with Crippen molar-refractivity contribution in [3.63, 3.8) is 0 Å². The van der Waals surface area contributed by atoms with Crippen LogP contribution in [0.5, 0.6) is 0 Å². The highest BCUT2D eigenvalue weighted by molar-refractivity contribution is 5.19. The molecule has 1 saturated heterocycles. The monoisotopic (exact) mass is 204 g/mol. The first-order chi connectivity index (χ1) is 7.42. The lowest BCUT2D eigenvalue weighted by Gasteiger charge is -2.27. The van der Waals surface area contributed by atoms with Crippen LogP contribution >= 0.6 is 0 Å². The second-order valence-corrected chi connectivity index (χ2v) is 4.23. The fourth-order valence-electron chi connectivity index (χ4n) is 2.38. The Morgan fingerprint density at radius 1 is 1.20 bits per heavy atom. The van der Waals surface area contributed by atoms with E-state index in [0.717, 1.165) is 6.54 Å². The Hall–Kier alpha value is -0.860. The maximum Gasteiger partial charge on any atom is 0.0472 e. The van der Waals surface area contributed by atoms with Gasteiger partial charge in [0.15, 0.2) is 0 Å². The van der Waals surface area contributed by atoms with E-state index in [9.17, 15) is 0 Å². The van der Waals surface area contributed by atoms with Crippen LogP contribution in [0.25, 0.3) is 0 Å². The Balaban J connectivity index is 2.11. The van der Waals surface area contributed by atoms with Gasteiger partial charge in [-0.15, -0.1) is 0 Å². The molecule has 1 aliphatic heterocycles. The molecule has 0 radical (unpaired) electrons. The molecule has 1 atom stereocenters. The molecule has 15 heavy (non-hydrogen) atoms. The van der Waals surface area contributed by atoms with E-state index in [1.165, 1.54) is 31.5 Å². The van der Waals surface area contributed by atoms with Gasteiger partial charge in [-0.25, -0.2) is 0 Å². The molecule has 1 heterocycles. The minimum atomic E-state index is 0.554. The predicted molar refractivity (Wildman–Crippen MR) is 63.9 cm³/mol. The summed E-state index contributed by atoms with van der Waals surface area (Å²) in [5, 5.41) is 3.30. The molecule has 0 saturated carbocycles. The molecule has 0 unspecified atom stereocenters. The highest BCUT2D eigenvalue weighted by Crippen LogP contribution is 2.24. The summed E-state index contributed by atoms with van der Waals surface area (Å²) in [6.45, 7) is 3.55. The van der Waals surface area contributed by atoms with Crippen molar-refractivity contribution in [2.24, 2.45) is 0 Å². The van der Waals surface area contributed by atoms with Gasteiger partial charge in [0.2, 0.25) is 0 Å². The third-order valence-electron chi connectivity index (χ3n) is 3.16. The van der Waals surface area contributed by atoms with Crippen molar-refractivity contribution in [1.82, 2.24) is 10.2 Å². The Kier molecular flexibility index (Phi) is 3.75. The van der Waals surface area contributed by atoms with Crippen LogP contribution in [-0.2, 0) is 0 Å². The van der Waals surface area contributed by atoms with Crippen LogP contribution in [0, 0.1) is 0 Å². The number of hydrogen-bond acceptors (Lipinski definition) is 2. The lowest BCUT2D eigenvalue weighted by atomic mass is 10.1. The third kappa shape index (κ3) is 2.58. The minimum absolute atomic E-state index is 0.554. The molecular weight excluding hydrogens is 184 g/mol. The van der Waals surface area contributed by atoms with Gasteiger partial charge in [-0.05, 0) is 38.5 Å². The van der Waals surface area contributed by atoms with E-state index in [1.54, 1.807) is 0 Å². The second kappa shape index (κ2) is 5.29. The minimum Gasteiger partial charge on any atom is -0.318 e. The molecule has 82 valence electrons. The molecule has 0 aliphatic carbocycles. The van der Waals surface area contributed by atoms with E-state index < -0.39 is 0 Å². The van der Waals surface area contributed by atoms with Crippen molar-refractivity contribution >= 4 is 0 Å². The molecule has 1 fully saturated rings. The molecule has 0 bridgehead atoms. The average Bonchev–Trinajstić information content (AvgIpc) is 2.80. The standard InChI is InChI=1S/C13H20N2/c1-14-11-13(15-9-5-6-10-15)12-7-3-2-4-8-12/h2-4,7-8,13-14H,5-6,9-11H2,1H3/t13-/m1/s1. The maximum absolute atomic E-state index is 3.30. The summed E-state index contributed by atoms with van der Waals surface area (Å²) in [6.07, 6.45) is 2.71. The van der Waals surface area contributed by atoms with Crippen molar-refractivity contribution in [2.45, 2.75) is 18.9 Å². The fourth-order valence-corrected chi connectivity index (χ4v) is 2.38. The van der Waals surface area contributed by atoms with E-state index in [1.807, 2.05) is 7.05 Å². The number of rotatable bonds is 4. The molecule has 0 amide bonds. The normalized spacial score (nSPS) is 19.3. The predicted octanol–water partition coefficient (Wildman–Crippen LogP) is 2.04. The quantitative estimate of drug-likeness (QED) is 0.807. The van der Waals surface area contributed by atoms with Crippen molar-refractivity contribution in [3.05, 3.63) is 35.9 Å². The largest absolute Gasteiger partial charge is 0.318 e. The summed E-state index contributed by atoms with van der Waals surface area (Å²) in [5.41, 5.74) is 1.44. The Morgan fingerprint density at radius 2 is 1.87 bits per heavy atom. The van der Waals surface area contributed by atoms with E-state index in [4.69, 9.17) is 0 Å². The van der Waals surface area contributed by atoms with Crippen molar-refractivity contribution in [3.8, 4) is 0 Å². The SMILES string of the molecule is CNC[C@H](c1ccccc1)N1CCCC1. The average molecular weight is 204 g/mol. The van der Waals surface area contributed by atoms with Crippen LogP contribution in [-0.4, -0.2) is 31.6 Å². The van der Waals surface area contributed by atoms with E-state index in [-0.39, 0.29) is 0 Å². The summed E-state index contributed by atoms with van der Waals surface area (Å²) in [4.78, 5) is 2.59. The third-order valence-corrected chi connectivity index (χ3v) is 3.16. The number of nitrogens with one attached hydrogen (secondary N) is 1. The molecule has 2 nitrogen and oxygen atoms in total. The molecule has 1 aromatic carbocycles. The highest BCUT2D eigenvalue weighted by atomic mass is 15.2. The van der Waals surface area contributed by atoms with E-state index in [2.05, 4.69) is 40.5 Å². The van der Waals surface area contributed by atoms with Gasteiger partial charge in [-0.3, -0.25) is 4.90 Å². The first-order valence-electron chi connectivity index (χ1n) is 5.85. The Morgan fingerprint density at radius 3 is 2.47 bits per heavy atom. The van der Waals surface area contributed by atoms with Gasteiger partial charge in [0.25, 0.3) is 0 Å². The zero-order chi connectivity index (χ0) is 10.5.